The van der Waals surface area contributed by atoms with E-state index in [0.29, 0.717) is 0 Å². The second kappa shape index (κ2) is 4.16. The first kappa shape index (κ1) is 9.13. The highest BCUT2D eigenvalue weighted by atomic mass is 14.9. The molecule has 3 nitrogen and oxygen atoms in total. The number of aromatic nitrogens is 2. The van der Waals surface area contributed by atoms with Crippen molar-refractivity contribution in [2.45, 2.75) is 32.7 Å². The SMILES string of the molecule is Cc1ccnc(CCC(C)N)n1. The molecule has 1 atom stereocenters. The van der Waals surface area contributed by atoms with Crippen LogP contribution in [0.25, 0.3) is 0 Å². The Kier molecular flexibility index (Phi) is 3.17. The first-order chi connectivity index (χ1) is 5.68. The van der Waals surface area contributed by atoms with Gasteiger partial charge in [-0.3, -0.25) is 0 Å². The maximum Gasteiger partial charge on any atom is 0.128 e. The molecule has 1 heterocycles. The van der Waals surface area contributed by atoms with Gasteiger partial charge in [0.1, 0.15) is 5.82 Å². The van der Waals surface area contributed by atoms with Gasteiger partial charge in [0.2, 0.25) is 0 Å². The fourth-order valence-electron chi connectivity index (χ4n) is 0.978. The fourth-order valence-corrected chi connectivity index (χ4v) is 0.978. The summed E-state index contributed by atoms with van der Waals surface area (Å²) in [5.41, 5.74) is 6.64. The molecule has 0 saturated carbocycles. The van der Waals surface area contributed by atoms with Gasteiger partial charge in [0.25, 0.3) is 0 Å². The smallest absolute Gasteiger partial charge is 0.128 e. The highest BCUT2D eigenvalue weighted by Gasteiger charge is 1.98. The molecule has 0 bridgehead atoms. The number of aryl methyl sites for hydroxylation is 2. The largest absolute Gasteiger partial charge is 0.328 e. The number of rotatable bonds is 3. The van der Waals surface area contributed by atoms with Crippen LogP contribution in [0.15, 0.2) is 12.3 Å². The van der Waals surface area contributed by atoms with Crippen LogP contribution < -0.4 is 5.73 Å². The standard InChI is InChI=1S/C9H15N3/c1-7(10)3-4-9-11-6-5-8(2)12-9/h5-7H,3-4,10H2,1-2H3. The lowest BCUT2D eigenvalue weighted by Crippen LogP contribution is -2.16. The van der Waals surface area contributed by atoms with E-state index in [1.54, 1.807) is 6.20 Å². The fraction of sp³-hybridized carbons (Fsp3) is 0.556. The lowest BCUT2D eigenvalue weighted by atomic mass is 10.2. The molecule has 3 heteroatoms. The molecule has 1 aromatic heterocycles. The monoisotopic (exact) mass is 165 g/mol. The van der Waals surface area contributed by atoms with Crippen molar-refractivity contribution < 1.29 is 0 Å². The average Bonchev–Trinajstić information content (AvgIpc) is 2.01. The van der Waals surface area contributed by atoms with E-state index in [1.165, 1.54) is 0 Å². The summed E-state index contributed by atoms with van der Waals surface area (Å²) in [6, 6.07) is 2.13. The van der Waals surface area contributed by atoms with Crippen LogP contribution in [0.3, 0.4) is 0 Å². The van der Waals surface area contributed by atoms with Crippen LogP contribution in [-0.2, 0) is 6.42 Å². The van der Waals surface area contributed by atoms with Crippen LogP contribution >= 0.6 is 0 Å². The summed E-state index contributed by atoms with van der Waals surface area (Å²) < 4.78 is 0. The Morgan fingerprint density at radius 1 is 1.58 bits per heavy atom. The molecule has 0 saturated heterocycles. The Balaban J connectivity index is 2.52. The zero-order chi connectivity index (χ0) is 8.97. The summed E-state index contributed by atoms with van der Waals surface area (Å²) in [5, 5.41) is 0. The molecular formula is C9H15N3. The number of nitrogens with two attached hydrogens (primary N) is 1. The zero-order valence-corrected chi connectivity index (χ0v) is 7.62. The first-order valence-corrected chi connectivity index (χ1v) is 4.22. The Morgan fingerprint density at radius 2 is 2.33 bits per heavy atom. The minimum atomic E-state index is 0.231. The van der Waals surface area contributed by atoms with Gasteiger partial charge in [-0.1, -0.05) is 0 Å². The van der Waals surface area contributed by atoms with Gasteiger partial charge in [-0.25, -0.2) is 9.97 Å². The maximum absolute atomic E-state index is 5.62. The van der Waals surface area contributed by atoms with Crippen molar-refractivity contribution in [1.29, 1.82) is 0 Å². The van der Waals surface area contributed by atoms with Crippen LogP contribution in [-0.4, -0.2) is 16.0 Å². The van der Waals surface area contributed by atoms with Crippen LogP contribution in [0.5, 0.6) is 0 Å². The lowest BCUT2D eigenvalue weighted by molar-refractivity contribution is 0.646. The highest BCUT2D eigenvalue weighted by molar-refractivity contribution is 4.99. The van der Waals surface area contributed by atoms with Gasteiger partial charge in [-0.15, -0.1) is 0 Å². The molecule has 1 rings (SSSR count). The van der Waals surface area contributed by atoms with Gasteiger partial charge in [-0.05, 0) is 26.3 Å². The minimum absolute atomic E-state index is 0.231. The zero-order valence-electron chi connectivity index (χ0n) is 7.62. The van der Waals surface area contributed by atoms with E-state index in [9.17, 15) is 0 Å². The number of nitrogens with zero attached hydrogens (tertiary/aromatic N) is 2. The Labute approximate surface area is 73.0 Å². The van der Waals surface area contributed by atoms with E-state index in [1.807, 2.05) is 19.9 Å². The van der Waals surface area contributed by atoms with Gasteiger partial charge < -0.3 is 5.73 Å². The minimum Gasteiger partial charge on any atom is -0.328 e. The maximum atomic E-state index is 5.62. The van der Waals surface area contributed by atoms with Crippen molar-refractivity contribution >= 4 is 0 Å². The molecule has 0 fully saturated rings. The van der Waals surface area contributed by atoms with E-state index in [0.717, 1.165) is 24.4 Å². The van der Waals surface area contributed by atoms with Gasteiger partial charge in [-0.2, -0.15) is 0 Å². The van der Waals surface area contributed by atoms with Crippen molar-refractivity contribution in [3.05, 3.63) is 23.8 Å². The average molecular weight is 165 g/mol. The van der Waals surface area contributed by atoms with Gasteiger partial charge in [0, 0.05) is 24.4 Å². The van der Waals surface area contributed by atoms with Crippen LogP contribution in [0.2, 0.25) is 0 Å². The Bertz CT molecular complexity index is 245. The summed E-state index contributed by atoms with van der Waals surface area (Å²) >= 11 is 0. The normalized spacial score (nSPS) is 12.9. The predicted molar refractivity (Wildman–Crippen MR) is 48.7 cm³/mol. The lowest BCUT2D eigenvalue weighted by Gasteiger charge is -2.03. The summed E-state index contributed by atoms with van der Waals surface area (Å²) in [6.45, 7) is 3.97. The second-order valence-electron chi connectivity index (χ2n) is 3.13. The van der Waals surface area contributed by atoms with E-state index in [2.05, 4.69) is 9.97 Å². The molecule has 1 aromatic rings. The second-order valence-corrected chi connectivity index (χ2v) is 3.13. The molecule has 0 spiro atoms. The van der Waals surface area contributed by atoms with Gasteiger partial charge in [0.05, 0.1) is 0 Å². The molecule has 0 aliphatic carbocycles. The molecule has 12 heavy (non-hydrogen) atoms. The van der Waals surface area contributed by atoms with Crippen molar-refractivity contribution in [1.82, 2.24) is 9.97 Å². The van der Waals surface area contributed by atoms with E-state index in [-0.39, 0.29) is 6.04 Å². The van der Waals surface area contributed by atoms with Gasteiger partial charge >= 0.3 is 0 Å². The molecule has 1 unspecified atom stereocenters. The summed E-state index contributed by atoms with van der Waals surface area (Å²) in [6.07, 6.45) is 3.61. The molecule has 2 N–H and O–H groups in total. The summed E-state index contributed by atoms with van der Waals surface area (Å²) in [5.74, 6) is 0.896. The third-order valence-corrected chi connectivity index (χ3v) is 1.67. The molecule has 0 aromatic carbocycles. The third-order valence-electron chi connectivity index (χ3n) is 1.67. The van der Waals surface area contributed by atoms with E-state index in [4.69, 9.17) is 5.73 Å². The van der Waals surface area contributed by atoms with Crippen LogP contribution in [0.1, 0.15) is 24.9 Å². The predicted octanol–water partition coefficient (Wildman–Crippen LogP) is 1.06. The summed E-state index contributed by atoms with van der Waals surface area (Å²) in [7, 11) is 0. The highest BCUT2D eigenvalue weighted by Crippen LogP contribution is 1.98. The molecule has 0 aliphatic rings. The molecule has 0 amide bonds. The molecule has 0 radical (unpaired) electrons. The third kappa shape index (κ3) is 2.96. The van der Waals surface area contributed by atoms with Crippen LogP contribution in [0.4, 0.5) is 0 Å². The van der Waals surface area contributed by atoms with E-state index >= 15 is 0 Å². The summed E-state index contributed by atoms with van der Waals surface area (Å²) in [4.78, 5) is 8.42. The van der Waals surface area contributed by atoms with Crippen LogP contribution in [0, 0.1) is 6.92 Å². The molecular weight excluding hydrogens is 150 g/mol. The Morgan fingerprint density at radius 3 is 2.92 bits per heavy atom. The number of hydrogen-bond donors (Lipinski definition) is 1. The van der Waals surface area contributed by atoms with E-state index < -0.39 is 0 Å². The topological polar surface area (TPSA) is 51.8 Å². The number of hydrogen-bond acceptors (Lipinski definition) is 3. The van der Waals surface area contributed by atoms with Crippen molar-refractivity contribution in [3.8, 4) is 0 Å². The van der Waals surface area contributed by atoms with Crippen molar-refractivity contribution in [3.63, 3.8) is 0 Å². The quantitative estimate of drug-likeness (QED) is 0.728. The van der Waals surface area contributed by atoms with Crippen molar-refractivity contribution in [2.24, 2.45) is 5.73 Å². The Hall–Kier alpha value is -0.960. The molecule has 66 valence electrons. The first-order valence-electron chi connectivity index (χ1n) is 4.22. The van der Waals surface area contributed by atoms with Crippen molar-refractivity contribution in [2.75, 3.05) is 0 Å². The van der Waals surface area contributed by atoms with Gasteiger partial charge in [0.15, 0.2) is 0 Å². The molecule has 0 aliphatic heterocycles.